The summed E-state index contributed by atoms with van der Waals surface area (Å²) in [7, 11) is 0. The molecule has 11 rings (SSSR count). The third-order valence-electron chi connectivity index (χ3n) is 11.1. The SMILES string of the molecule is O=C(O)C1CC2=CC=C3C=CC4=C5c6c7c8c9c(ccc%10c9c6=C(C4)CC%10O)=CCC8CC1=C7C21OC351. The maximum absolute atomic E-state index is 12.7. The summed E-state index contributed by atoms with van der Waals surface area (Å²) in [5.41, 5.74) is 12.6. The monoisotopic (exact) mass is 482 g/mol. The first kappa shape index (κ1) is 18.7. The highest BCUT2D eigenvalue weighted by Crippen LogP contribution is 2.79. The van der Waals surface area contributed by atoms with E-state index in [4.69, 9.17) is 4.74 Å². The van der Waals surface area contributed by atoms with Crippen LogP contribution in [0.15, 0.2) is 58.7 Å². The second kappa shape index (κ2) is 5.24. The number of aliphatic hydroxyl groups is 1. The van der Waals surface area contributed by atoms with E-state index >= 15 is 0 Å². The van der Waals surface area contributed by atoms with Crippen molar-refractivity contribution in [1.82, 2.24) is 0 Å². The van der Waals surface area contributed by atoms with Gasteiger partial charge in [0, 0.05) is 5.57 Å². The summed E-state index contributed by atoms with van der Waals surface area (Å²) >= 11 is 0. The van der Waals surface area contributed by atoms with E-state index in [0.29, 0.717) is 12.8 Å². The van der Waals surface area contributed by atoms with Gasteiger partial charge in [0.15, 0.2) is 11.2 Å². The number of carbonyl (C=O) groups is 1. The molecule has 8 aliphatic carbocycles. The van der Waals surface area contributed by atoms with Crippen molar-refractivity contribution in [2.45, 2.75) is 55.3 Å². The molecule has 1 fully saturated rings. The fourth-order valence-corrected chi connectivity index (χ4v) is 9.97. The average molecular weight is 483 g/mol. The first-order chi connectivity index (χ1) is 18.0. The van der Waals surface area contributed by atoms with Gasteiger partial charge in [-0.15, -0.1) is 0 Å². The van der Waals surface area contributed by atoms with Gasteiger partial charge in [-0.05, 0) is 109 Å². The van der Waals surface area contributed by atoms with Crippen LogP contribution >= 0.6 is 0 Å². The first-order valence-electron chi connectivity index (χ1n) is 13.6. The van der Waals surface area contributed by atoms with Gasteiger partial charge in [-0.1, -0.05) is 48.1 Å². The van der Waals surface area contributed by atoms with Crippen LogP contribution in [0, 0.1) is 5.92 Å². The van der Waals surface area contributed by atoms with Crippen LogP contribution in [0.1, 0.15) is 66.4 Å². The smallest absolute Gasteiger partial charge is 0.310 e. The van der Waals surface area contributed by atoms with Crippen molar-refractivity contribution >= 4 is 39.5 Å². The number of ether oxygens (including phenoxy) is 1. The Morgan fingerprint density at radius 1 is 1.00 bits per heavy atom. The van der Waals surface area contributed by atoms with Gasteiger partial charge in [0.25, 0.3) is 0 Å². The van der Waals surface area contributed by atoms with Crippen LogP contribution in [0.5, 0.6) is 0 Å². The molecule has 1 saturated heterocycles. The lowest BCUT2D eigenvalue weighted by Gasteiger charge is -2.49. The van der Waals surface area contributed by atoms with E-state index in [2.05, 4.69) is 42.5 Å². The van der Waals surface area contributed by atoms with Crippen molar-refractivity contribution in [3.05, 3.63) is 91.4 Å². The predicted molar refractivity (Wildman–Crippen MR) is 139 cm³/mol. The Balaban J connectivity index is 1.47. The second-order valence-corrected chi connectivity index (χ2v) is 12.4. The fourth-order valence-electron chi connectivity index (χ4n) is 9.97. The van der Waals surface area contributed by atoms with Gasteiger partial charge in [0.05, 0.1) is 12.0 Å². The van der Waals surface area contributed by atoms with Gasteiger partial charge in [0.2, 0.25) is 0 Å². The number of carboxylic acids is 1. The molecular formula is C33H22O4. The van der Waals surface area contributed by atoms with Crippen molar-refractivity contribution in [3.63, 3.8) is 0 Å². The summed E-state index contributed by atoms with van der Waals surface area (Å²) in [6.45, 7) is 0. The molecule has 0 saturated carbocycles. The molecule has 0 aromatic heterocycles. The molecule has 2 aromatic rings. The zero-order chi connectivity index (χ0) is 24.2. The third-order valence-corrected chi connectivity index (χ3v) is 11.1. The highest BCUT2D eigenvalue weighted by Gasteiger charge is 2.82. The number of epoxide rings is 1. The van der Waals surface area contributed by atoms with Crippen molar-refractivity contribution in [3.8, 4) is 0 Å². The molecule has 1 aliphatic heterocycles. The number of carboxylic acid groups (broad SMARTS) is 1. The van der Waals surface area contributed by atoms with Gasteiger partial charge in [-0.2, -0.15) is 0 Å². The van der Waals surface area contributed by atoms with Gasteiger partial charge in [-0.25, -0.2) is 0 Å². The van der Waals surface area contributed by atoms with Crippen LogP contribution < -0.4 is 10.4 Å². The maximum atomic E-state index is 12.7. The number of allylic oxidation sites excluding steroid dienone is 4. The average Bonchev–Trinajstić information content (AvgIpc) is 3.60. The molecule has 0 amide bonds. The standard InChI is InChI=1S/C33H22O4/c34-22-11-16-9-15-3-5-17-6-7-18-12-21(31(35)36)20-10-14-2-1-13-4-8-19(22)26-23(13)24(14)28-27(25(16)26)29(15)32(17)33(18,37-32)30(20)28/h1,3-8,14,21-22,34H,2,9-12H2,(H,35,36). The Kier molecular flexibility index (Phi) is 2.65. The lowest BCUT2D eigenvalue weighted by Crippen LogP contribution is -2.48. The molecule has 9 aliphatic rings. The Morgan fingerprint density at radius 2 is 1.92 bits per heavy atom. The molecule has 2 aromatic carbocycles. The highest BCUT2D eigenvalue weighted by molar-refractivity contribution is 6.14. The summed E-state index contributed by atoms with van der Waals surface area (Å²) in [6, 6.07) is 4.35. The normalized spacial score (nSPS) is 37.0. The lowest BCUT2D eigenvalue weighted by molar-refractivity contribution is -0.140. The van der Waals surface area contributed by atoms with Crippen molar-refractivity contribution in [2.75, 3.05) is 0 Å². The van der Waals surface area contributed by atoms with E-state index in [1.54, 1.807) is 0 Å². The molecule has 5 unspecified atom stereocenters. The Morgan fingerprint density at radius 3 is 2.81 bits per heavy atom. The lowest BCUT2D eigenvalue weighted by atomic mass is 9.50. The quantitative estimate of drug-likeness (QED) is 0.602. The van der Waals surface area contributed by atoms with Gasteiger partial charge in [0.1, 0.15) is 0 Å². The van der Waals surface area contributed by atoms with Gasteiger partial charge in [-0.3, -0.25) is 4.79 Å². The maximum Gasteiger partial charge on any atom is 0.310 e. The van der Waals surface area contributed by atoms with Crippen LogP contribution in [-0.2, 0) is 9.53 Å². The topological polar surface area (TPSA) is 70.1 Å². The molecule has 4 heteroatoms. The van der Waals surface area contributed by atoms with E-state index < -0.39 is 29.2 Å². The molecule has 0 radical (unpaired) electrons. The van der Waals surface area contributed by atoms with Crippen LogP contribution in [0.25, 0.3) is 33.6 Å². The number of hydrogen-bond acceptors (Lipinski definition) is 3. The van der Waals surface area contributed by atoms with Crippen LogP contribution in [0.3, 0.4) is 0 Å². The predicted octanol–water partition coefficient (Wildman–Crippen LogP) is 4.07. The minimum Gasteiger partial charge on any atom is -0.481 e. The Labute approximate surface area is 211 Å². The molecule has 1 heterocycles. The Hall–Kier alpha value is -3.47. The molecule has 2 spiro atoms. The summed E-state index contributed by atoms with van der Waals surface area (Å²) < 4.78 is 7.13. The number of rotatable bonds is 1. The molecule has 2 N–H and O–H groups in total. The number of aliphatic carboxylic acids is 1. The summed E-state index contributed by atoms with van der Waals surface area (Å²) in [5.74, 6) is -0.949. The molecule has 178 valence electrons. The van der Waals surface area contributed by atoms with E-state index in [-0.39, 0.29) is 5.92 Å². The third kappa shape index (κ3) is 1.60. The van der Waals surface area contributed by atoms with E-state index in [1.165, 1.54) is 65.8 Å². The first-order valence-corrected chi connectivity index (χ1v) is 13.6. The zero-order valence-corrected chi connectivity index (χ0v) is 20.0. The van der Waals surface area contributed by atoms with Crippen LogP contribution in [0.2, 0.25) is 0 Å². The van der Waals surface area contributed by atoms with Crippen molar-refractivity contribution in [1.29, 1.82) is 0 Å². The largest absolute Gasteiger partial charge is 0.481 e. The van der Waals surface area contributed by atoms with E-state index in [9.17, 15) is 15.0 Å². The Bertz CT molecular complexity index is 1990. The van der Waals surface area contributed by atoms with Gasteiger partial charge < -0.3 is 14.9 Å². The summed E-state index contributed by atoms with van der Waals surface area (Å²) in [4.78, 5) is 12.7. The van der Waals surface area contributed by atoms with Gasteiger partial charge >= 0.3 is 5.97 Å². The van der Waals surface area contributed by atoms with Crippen molar-refractivity contribution < 1.29 is 19.7 Å². The van der Waals surface area contributed by atoms with E-state index in [0.717, 1.165) is 36.0 Å². The number of hydrogen-bond donors (Lipinski definition) is 2. The zero-order valence-electron chi connectivity index (χ0n) is 20.0. The number of aliphatic hydroxyl groups excluding tert-OH is 1. The molecular weight excluding hydrogens is 460 g/mol. The summed E-state index contributed by atoms with van der Waals surface area (Å²) in [6.07, 6.45) is 14.5. The molecule has 0 bridgehead atoms. The van der Waals surface area contributed by atoms with E-state index in [1.807, 2.05) is 0 Å². The van der Waals surface area contributed by atoms with Crippen LogP contribution in [-0.4, -0.2) is 27.4 Å². The molecule has 5 atom stereocenters. The minimum atomic E-state index is -0.717. The van der Waals surface area contributed by atoms with Crippen LogP contribution in [0.4, 0.5) is 0 Å². The fraction of sp³-hybridized carbons (Fsp3) is 0.303. The molecule has 4 nitrogen and oxygen atoms in total. The molecule has 37 heavy (non-hydrogen) atoms. The minimum absolute atomic E-state index is 0.267. The number of benzene rings is 2. The second-order valence-electron chi connectivity index (χ2n) is 12.4. The summed E-state index contributed by atoms with van der Waals surface area (Å²) in [5, 5.41) is 26.9. The van der Waals surface area contributed by atoms with Crippen molar-refractivity contribution in [2.24, 2.45) is 5.92 Å². The highest BCUT2D eigenvalue weighted by atomic mass is 16.6.